The SMILES string of the molecule is CC[C@]12CCCN(C(=O)OCc3ccccc3)[C@H]1c1cc(C#N)ccc1C2. The van der Waals surface area contributed by atoms with E-state index in [1.165, 1.54) is 5.56 Å². The second-order valence-electron chi connectivity index (χ2n) is 7.66. The van der Waals surface area contributed by atoms with E-state index in [4.69, 9.17) is 4.74 Å². The zero-order valence-electron chi connectivity index (χ0n) is 15.6. The Morgan fingerprint density at radius 3 is 2.85 bits per heavy atom. The molecule has 0 radical (unpaired) electrons. The highest BCUT2D eigenvalue weighted by Crippen LogP contribution is 2.56. The van der Waals surface area contributed by atoms with Gasteiger partial charge in [0, 0.05) is 6.54 Å². The lowest BCUT2D eigenvalue weighted by molar-refractivity contribution is 0.00978. The van der Waals surface area contributed by atoms with E-state index in [9.17, 15) is 10.1 Å². The first-order valence-corrected chi connectivity index (χ1v) is 9.67. The van der Waals surface area contributed by atoms with Crippen molar-refractivity contribution in [2.45, 2.75) is 45.3 Å². The number of ether oxygens (including phenoxy) is 1. The Hall–Kier alpha value is -2.80. The third-order valence-corrected chi connectivity index (χ3v) is 6.22. The number of hydrogen-bond donors (Lipinski definition) is 0. The zero-order chi connectivity index (χ0) is 18.9. The number of amides is 1. The van der Waals surface area contributed by atoms with Gasteiger partial charge in [-0.05, 0) is 59.9 Å². The number of fused-ring (bicyclic) bond motifs is 3. The predicted octanol–water partition coefficient (Wildman–Crippen LogP) is 4.98. The van der Waals surface area contributed by atoms with Crippen molar-refractivity contribution >= 4 is 6.09 Å². The van der Waals surface area contributed by atoms with Crippen LogP contribution in [0.2, 0.25) is 0 Å². The minimum absolute atomic E-state index is 0.00261. The molecule has 0 N–H and O–H groups in total. The van der Waals surface area contributed by atoms with Crippen molar-refractivity contribution < 1.29 is 9.53 Å². The van der Waals surface area contributed by atoms with Gasteiger partial charge < -0.3 is 9.64 Å². The fraction of sp³-hybridized carbons (Fsp3) is 0.391. The van der Waals surface area contributed by atoms with Gasteiger partial charge in [0.15, 0.2) is 0 Å². The van der Waals surface area contributed by atoms with Crippen molar-refractivity contribution in [3.63, 3.8) is 0 Å². The van der Waals surface area contributed by atoms with Crippen LogP contribution in [0.4, 0.5) is 4.79 Å². The molecule has 0 bridgehead atoms. The first-order chi connectivity index (χ1) is 13.2. The largest absolute Gasteiger partial charge is 0.445 e. The van der Waals surface area contributed by atoms with Crippen LogP contribution in [-0.4, -0.2) is 17.5 Å². The van der Waals surface area contributed by atoms with Gasteiger partial charge in [-0.3, -0.25) is 0 Å². The highest BCUT2D eigenvalue weighted by Gasteiger charge is 2.51. The summed E-state index contributed by atoms with van der Waals surface area (Å²) in [7, 11) is 0. The van der Waals surface area contributed by atoms with Crippen LogP contribution in [-0.2, 0) is 17.8 Å². The predicted molar refractivity (Wildman–Crippen MR) is 103 cm³/mol. The summed E-state index contributed by atoms with van der Waals surface area (Å²) in [4.78, 5) is 14.9. The molecule has 2 aromatic carbocycles. The van der Waals surface area contributed by atoms with Gasteiger partial charge in [0.1, 0.15) is 6.61 Å². The van der Waals surface area contributed by atoms with Crippen LogP contribution in [0.1, 0.15) is 54.5 Å². The maximum atomic E-state index is 13.0. The molecule has 1 saturated heterocycles. The lowest BCUT2D eigenvalue weighted by Gasteiger charge is -2.46. The molecule has 4 nitrogen and oxygen atoms in total. The van der Waals surface area contributed by atoms with Gasteiger partial charge in [0.25, 0.3) is 0 Å². The summed E-state index contributed by atoms with van der Waals surface area (Å²) >= 11 is 0. The van der Waals surface area contributed by atoms with Crippen LogP contribution in [0.3, 0.4) is 0 Å². The Kier molecular flexibility index (Phi) is 4.61. The van der Waals surface area contributed by atoms with Crippen LogP contribution >= 0.6 is 0 Å². The molecule has 2 atom stereocenters. The van der Waals surface area contributed by atoms with Gasteiger partial charge in [-0.2, -0.15) is 5.26 Å². The quantitative estimate of drug-likeness (QED) is 0.775. The van der Waals surface area contributed by atoms with Crippen LogP contribution in [0.25, 0.3) is 0 Å². The molecular formula is C23H24N2O2. The Bertz CT molecular complexity index is 887. The number of hydrogen-bond acceptors (Lipinski definition) is 3. The second-order valence-corrected chi connectivity index (χ2v) is 7.66. The Labute approximate surface area is 160 Å². The molecule has 1 aliphatic carbocycles. The van der Waals surface area contributed by atoms with Crippen molar-refractivity contribution in [1.29, 1.82) is 5.26 Å². The van der Waals surface area contributed by atoms with Crippen LogP contribution in [0, 0.1) is 16.7 Å². The molecule has 0 saturated carbocycles. The number of piperidine rings is 1. The third-order valence-electron chi connectivity index (χ3n) is 6.22. The number of carbonyl (C=O) groups excluding carboxylic acids is 1. The molecule has 1 aliphatic heterocycles. The number of nitriles is 1. The minimum Gasteiger partial charge on any atom is -0.445 e. The summed E-state index contributed by atoms with van der Waals surface area (Å²) in [6.07, 6.45) is 3.82. The van der Waals surface area contributed by atoms with E-state index in [1.807, 2.05) is 47.4 Å². The molecule has 1 heterocycles. The average molecular weight is 360 g/mol. The summed E-state index contributed by atoms with van der Waals surface area (Å²) in [6.45, 7) is 3.20. The smallest absolute Gasteiger partial charge is 0.410 e. The average Bonchev–Trinajstić information content (AvgIpc) is 3.07. The molecule has 2 aliphatic rings. The van der Waals surface area contributed by atoms with Crippen molar-refractivity contribution in [1.82, 2.24) is 4.90 Å². The normalized spacial score (nSPS) is 23.3. The van der Waals surface area contributed by atoms with Gasteiger partial charge in [0.05, 0.1) is 17.7 Å². The van der Waals surface area contributed by atoms with Gasteiger partial charge >= 0.3 is 6.09 Å². The van der Waals surface area contributed by atoms with E-state index in [-0.39, 0.29) is 24.2 Å². The van der Waals surface area contributed by atoms with E-state index in [1.54, 1.807) is 0 Å². The van der Waals surface area contributed by atoms with Gasteiger partial charge in [-0.25, -0.2) is 4.79 Å². The van der Waals surface area contributed by atoms with Crippen LogP contribution < -0.4 is 0 Å². The second kappa shape index (κ2) is 7.08. The van der Waals surface area contributed by atoms with E-state index >= 15 is 0 Å². The first kappa shape index (κ1) is 17.6. The van der Waals surface area contributed by atoms with Crippen molar-refractivity contribution in [3.05, 3.63) is 70.8 Å². The summed E-state index contributed by atoms with van der Waals surface area (Å²) in [5, 5.41) is 9.32. The maximum absolute atomic E-state index is 13.0. The first-order valence-electron chi connectivity index (χ1n) is 9.67. The van der Waals surface area contributed by atoms with Crippen molar-refractivity contribution in [2.24, 2.45) is 5.41 Å². The Balaban J connectivity index is 1.62. The summed E-state index contributed by atoms with van der Waals surface area (Å²) in [6, 6.07) is 17.9. The summed E-state index contributed by atoms with van der Waals surface area (Å²) < 4.78 is 5.66. The van der Waals surface area contributed by atoms with Crippen molar-refractivity contribution in [3.8, 4) is 6.07 Å². The Morgan fingerprint density at radius 2 is 2.11 bits per heavy atom. The number of carbonyl (C=O) groups is 1. The standard InChI is InChI=1S/C23H24N2O2/c1-2-23-11-6-12-25(22(26)27-16-17-7-4-3-5-8-17)21(23)20-13-18(15-24)9-10-19(20)14-23/h3-5,7-10,13,21H,2,6,11-12,14,16H2,1H3/t21-,23+/m0/s1. The highest BCUT2D eigenvalue weighted by molar-refractivity contribution is 5.69. The number of nitrogens with zero attached hydrogens (tertiary/aromatic N) is 2. The molecule has 1 amide bonds. The maximum Gasteiger partial charge on any atom is 0.410 e. The van der Waals surface area contributed by atoms with Crippen molar-refractivity contribution in [2.75, 3.05) is 6.54 Å². The summed E-state index contributed by atoms with van der Waals surface area (Å²) in [5.74, 6) is 0. The number of benzene rings is 2. The summed E-state index contributed by atoms with van der Waals surface area (Å²) in [5.41, 5.74) is 4.10. The topological polar surface area (TPSA) is 53.3 Å². The van der Waals surface area contributed by atoms with Crippen LogP contribution in [0.15, 0.2) is 48.5 Å². The third kappa shape index (κ3) is 3.08. The molecule has 4 heteroatoms. The lowest BCUT2D eigenvalue weighted by Crippen LogP contribution is -2.47. The molecular weight excluding hydrogens is 336 g/mol. The molecule has 4 rings (SSSR count). The highest BCUT2D eigenvalue weighted by atomic mass is 16.6. The number of rotatable bonds is 3. The van der Waals surface area contributed by atoms with E-state index < -0.39 is 0 Å². The monoisotopic (exact) mass is 360 g/mol. The van der Waals surface area contributed by atoms with Gasteiger partial charge in [-0.1, -0.05) is 43.3 Å². The molecule has 1 fully saturated rings. The fourth-order valence-electron chi connectivity index (χ4n) is 4.83. The lowest BCUT2D eigenvalue weighted by atomic mass is 9.71. The molecule has 27 heavy (non-hydrogen) atoms. The number of likely N-dealkylation sites (tertiary alicyclic amines) is 1. The van der Waals surface area contributed by atoms with Gasteiger partial charge in [-0.15, -0.1) is 0 Å². The molecule has 0 spiro atoms. The van der Waals surface area contributed by atoms with Gasteiger partial charge in [0.2, 0.25) is 0 Å². The Morgan fingerprint density at radius 1 is 1.30 bits per heavy atom. The molecule has 2 aromatic rings. The minimum atomic E-state index is -0.253. The zero-order valence-corrected chi connectivity index (χ0v) is 15.6. The molecule has 0 aromatic heterocycles. The van der Waals surface area contributed by atoms with E-state index in [0.717, 1.165) is 36.8 Å². The fourth-order valence-corrected chi connectivity index (χ4v) is 4.83. The van der Waals surface area contributed by atoms with E-state index in [2.05, 4.69) is 19.1 Å². The van der Waals surface area contributed by atoms with Crippen LogP contribution in [0.5, 0.6) is 0 Å². The molecule has 0 unspecified atom stereocenters. The van der Waals surface area contributed by atoms with E-state index in [0.29, 0.717) is 12.1 Å². The molecule has 138 valence electrons.